The van der Waals surface area contributed by atoms with Crippen LogP contribution in [0.4, 0.5) is 26.1 Å². The molecule has 0 saturated carbocycles. The number of pyridine rings is 1. The van der Waals surface area contributed by atoms with E-state index in [4.69, 9.17) is 17.0 Å². The predicted octanol–water partition coefficient (Wildman–Crippen LogP) is 1.70. The third kappa shape index (κ3) is 1.42. The summed E-state index contributed by atoms with van der Waals surface area (Å²) in [6.45, 7) is 0. The third-order valence-corrected chi connectivity index (χ3v) is 1.16. The van der Waals surface area contributed by atoms with E-state index in [9.17, 15) is 8.78 Å². The lowest BCUT2D eigenvalue weighted by molar-refractivity contribution is 0.578. The van der Waals surface area contributed by atoms with Crippen LogP contribution in [0.1, 0.15) is 0 Å². The Kier molecular flexibility index (Phi) is 2.16. The van der Waals surface area contributed by atoms with Gasteiger partial charge in [-0.15, -0.1) is 11.5 Å². The predicted molar refractivity (Wildman–Crippen MR) is 36.5 cm³/mol. The van der Waals surface area contributed by atoms with Gasteiger partial charge >= 0.3 is 0 Å². The Morgan fingerprint density at radius 3 is 2.46 bits per heavy atom. The lowest BCUT2D eigenvalue weighted by Crippen LogP contribution is -1.92. The number of hydrogen-bond acceptors (Lipinski definition) is 2. The lowest BCUT2D eigenvalue weighted by atomic mass is 10.3. The van der Waals surface area contributed by atoms with Crippen LogP contribution < -0.4 is 11.5 Å². The zero-order valence-corrected chi connectivity index (χ0v) is 5.94. The van der Waals surface area contributed by atoms with Crippen molar-refractivity contribution in [2.75, 3.05) is 0 Å². The molecule has 0 aromatic carbocycles. The highest BCUT2D eigenvalue weighted by molar-refractivity contribution is 5.53. The third-order valence-electron chi connectivity index (χ3n) is 1.16. The number of azide groups is 1. The molecule has 6 nitrogen and oxygen atoms in total. The minimum absolute atomic E-state index is 0.918. The highest BCUT2D eigenvalue weighted by atomic mass is 19.1. The zero-order valence-electron chi connectivity index (χ0n) is 5.94. The summed E-state index contributed by atoms with van der Waals surface area (Å²) in [5.74, 6) is -5.28. The summed E-state index contributed by atoms with van der Waals surface area (Å²) in [4.78, 5) is 5.00. The van der Waals surface area contributed by atoms with Crippen LogP contribution in [0.15, 0.2) is 5.11 Å². The van der Waals surface area contributed by atoms with Crippen LogP contribution in [0.5, 0.6) is 0 Å². The molecule has 0 atom stereocenters. The van der Waals surface area contributed by atoms with Gasteiger partial charge in [0.15, 0.2) is 23.1 Å². The molecule has 0 aliphatic heterocycles. The second kappa shape index (κ2) is 3.11. The maximum atomic E-state index is 12.7. The van der Waals surface area contributed by atoms with E-state index in [1.807, 2.05) is 0 Å². The highest BCUT2D eigenvalue weighted by Gasteiger charge is 2.17. The first kappa shape index (κ1) is 9.01. The molecule has 0 aliphatic carbocycles. The van der Waals surface area contributed by atoms with Gasteiger partial charge in [0.1, 0.15) is 0 Å². The minimum atomic E-state index is -1.60. The van der Waals surface area contributed by atoms with E-state index in [0.29, 0.717) is 0 Å². The van der Waals surface area contributed by atoms with Crippen molar-refractivity contribution < 1.29 is 8.78 Å². The Balaban J connectivity index is 3.49. The summed E-state index contributed by atoms with van der Waals surface area (Å²) in [5, 5.41) is 2.68. The minimum Gasteiger partial charge on any atom is -0.219 e. The monoisotopic (exact) mass is 182 g/mol. The van der Waals surface area contributed by atoms with Gasteiger partial charge in [-0.05, 0) is 10.6 Å². The van der Waals surface area contributed by atoms with Crippen molar-refractivity contribution in [3.8, 4) is 0 Å². The number of nitrogens with zero attached hydrogens (tertiary/aromatic N) is 6. The van der Waals surface area contributed by atoms with Crippen LogP contribution in [0.25, 0.3) is 10.4 Å². The van der Waals surface area contributed by atoms with Gasteiger partial charge in [0, 0.05) is 4.91 Å². The van der Waals surface area contributed by atoms with Crippen LogP contribution in [-0.2, 0) is 0 Å². The van der Waals surface area contributed by atoms with Crippen LogP contribution in [0, 0.1) is 11.6 Å². The average molecular weight is 182 g/mol. The second-order valence-corrected chi connectivity index (χ2v) is 1.93. The first-order valence-electron chi connectivity index (χ1n) is 2.90. The molecule has 1 rings (SSSR count). The molecule has 13 heavy (non-hydrogen) atoms. The molecule has 0 fully saturated rings. The molecule has 0 amide bonds. The molecular weight excluding hydrogens is 182 g/mol. The van der Waals surface area contributed by atoms with Gasteiger partial charge in [0.25, 0.3) is 0 Å². The molecule has 1 aromatic rings. The van der Waals surface area contributed by atoms with E-state index in [-0.39, 0.29) is 0 Å². The van der Waals surface area contributed by atoms with Crippen molar-refractivity contribution in [2.45, 2.75) is 0 Å². The SMILES string of the molecule is [N]c1nc(N=[N+]=[N-])c(F)c([N])c1F. The van der Waals surface area contributed by atoms with Crippen molar-refractivity contribution in [1.29, 1.82) is 0 Å². The second-order valence-electron chi connectivity index (χ2n) is 1.93. The maximum absolute atomic E-state index is 12.7. The van der Waals surface area contributed by atoms with Crippen molar-refractivity contribution in [2.24, 2.45) is 5.11 Å². The fraction of sp³-hybridized carbons (Fsp3) is 0. The summed E-state index contributed by atoms with van der Waals surface area (Å²) in [5.41, 5.74) is 23.8. The molecular formula is C5F2N6. The van der Waals surface area contributed by atoms with Gasteiger partial charge in [-0.1, -0.05) is 0 Å². The number of halogens is 2. The van der Waals surface area contributed by atoms with Crippen LogP contribution >= 0.6 is 0 Å². The molecule has 0 N–H and O–H groups in total. The summed E-state index contributed by atoms with van der Waals surface area (Å²) < 4.78 is 25.2. The Hall–Kier alpha value is -2.08. The molecule has 4 radical (unpaired) electrons. The number of aromatic nitrogens is 1. The summed E-state index contributed by atoms with van der Waals surface area (Å²) >= 11 is 0. The quantitative estimate of drug-likeness (QED) is 0.367. The van der Waals surface area contributed by atoms with Gasteiger partial charge in [-0.25, -0.2) is 13.8 Å². The fourth-order valence-electron chi connectivity index (χ4n) is 0.615. The average Bonchev–Trinajstić information content (AvgIpc) is 2.11. The Morgan fingerprint density at radius 1 is 1.31 bits per heavy atom. The van der Waals surface area contributed by atoms with Gasteiger partial charge in [0.2, 0.25) is 5.82 Å². The molecule has 0 unspecified atom stereocenters. The molecule has 64 valence electrons. The van der Waals surface area contributed by atoms with Crippen LogP contribution in [-0.4, -0.2) is 4.98 Å². The number of hydrogen-bond donors (Lipinski definition) is 0. The van der Waals surface area contributed by atoms with Gasteiger partial charge < -0.3 is 0 Å². The maximum Gasteiger partial charge on any atom is 0.213 e. The van der Waals surface area contributed by atoms with Gasteiger partial charge in [-0.2, -0.15) is 0 Å². The number of rotatable bonds is 1. The van der Waals surface area contributed by atoms with E-state index >= 15 is 0 Å². The fourth-order valence-corrected chi connectivity index (χ4v) is 0.615. The zero-order chi connectivity index (χ0) is 10.0. The smallest absolute Gasteiger partial charge is 0.213 e. The van der Waals surface area contributed by atoms with E-state index < -0.39 is 29.0 Å². The van der Waals surface area contributed by atoms with Crippen LogP contribution in [0.2, 0.25) is 0 Å². The largest absolute Gasteiger partial charge is 0.219 e. The van der Waals surface area contributed by atoms with Crippen molar-refractivity contribution in [3.05, 3.63) is 22.1 Å². The summed E-state index contributed by atoms with van der Waals surface area (Å²) in [6.07, 6.45) is 0. The topological polar surface area (TPSA) is 106 Å². The summed E-state index contributed by atoms with van der Waals surface area (Å²) in [6, 6.07) is 0. The van der Waals surface area contributed by atoms with E-state index in [0.717, 1.165) is 0 Å². The normalized spacial score (nSPS) is 9.38. The van der Waals surface area contributed by atoms with E-state index in [1.165, 1.54) is 0 Å². The first-order valence-corrected chi connectivity index (χ1v) is 2.90. The molecule has 0 aliphatic rings. The molecule has 8 heteroatoms. The highest BCUT2D eigenvalue weighted by Crippen LogP contribution is 2.28. The molecule has 1 heterocycles. The van der Waals surface area contributed by atoms with E-state index in [2.05, 4.69) is 15.0 Å². The van der Waals surface area contributed by atoms with Crippen molar-refractivity contribution >= 4 is 17.3 Å². The van der Waals surface area contributed by atoms with Crippen LogP contribution in [0.3, 0.4) is 0 Å². The molecule has 1 aromatic heterocycles. The van der Waals surface area contributed by atoms with Crippen molar-refractivity contribution in [1.82, 2.24) is 16.5 Å². The molecule has 0 spiro atoms. The van der Waals surface area contributed by atoms with Gasteiger partial charge in [-0.3, -0.25) is 0 Å². The van der Waals surface area contributed by atoms with E-state index in [1.54, 1.807) is 0 Å². The Labute approximate surface area is 70.8 Å². The molecule has 0 bridgehead atoms. The Morgan fingerprint density at radius 2 is 1.92 bits per heavy atom. The first-order chi connectivity index (χ1) is 6.07. The van der Waals surface area contributed by atoms with Crippen molar-refractivity contribution in [3.63, 3.8) is 0 Å². The standard InChI is InChI=1S/C5F2N6/c6-1-3(8)2(7)5(12-13-10)11-4(1)9. The summed E-state index contributed by atoms with van der Waals surface area (Å²) in [7, 11) is 0. The Bertz CT molecular complexity index is 397. The molecule has 0 saturated heterocycles. The lowest BCUT2D eigenvalue weighted by Gasteiger charge is -1.98. The van der Waals surface area contributed by atoms with Gasteiger partial charge in [0.05, 0.1) is 0 Å².